The summed E-state index contributed by atoms with van der Waals surface area (Å²) in [5.41, 5.74) is 2.40. The Morgan fingerprint density at radius 2 is 2.13 bits per heavy atom. The number of nitrogens with one attached hydrogen (secondary N) is 1. The fraction of sp³-hybridized carbons (Fsp3) is 0.231. The highest BCUT2D eigenvalue weighted by molar-refractivity contribution is 6.33. The van der Waals surface area contributed by atoms with Gasteiger partial charge in [0.25, 0.3) is 0 Å². The van der Waals surface area contributed by atoms with E-state index in [0.717, 1.165) is 17.1 Å². The molecule has 0 bridgehead atoms. The van der Waals surface area contributed by atoms with E-state index < -0.39 is 0 Å². The van der Waals surface area contributed by atoms with Crippen molar-refractivity contribution in [2.45, 2.75) is 19.4 Å². The summed E-state index contributed by atoms with van der Waals surface area (Å²) in [4.78, 5) is 0. The van der Waals surface area contributed by atoms with Gasteiger partial charge in [-0.3, -0.25) is 0 Å². The molecule has 2 rings (SSSR count). The molecular weight excluding hydrogens is 206 g/mol. The normalized spacial score (nSPS) is 16.3. The summed E-state index contributed by atoms with van der Waals surface area (Å²) < 4.78 is 0. The van der Waals surface area contributed by atoms with Gasteiger partial charge in [0.2, 0.25) is 0 Å². The van der Waals surface area contributed by atoms with E-state index in [2.05, 4.69) is 30.5 Å². The molecule has 1 N–H and O–H groups in total. The van der Waals surface area contributed by atoms with Crippen LogP contribution in [0, 0.1) is 0 Å². The maximum atomic E-state index is 6.08. The van der Waals surface area contributed by atoms with Crippen LogP contribution < -0.4 is 5.32 Å². The van der Waals surface area contributed by atoms with Crippen LogP contribution in [0.4, 0.5) is 5.69 Å². The first-order chi connectivity index (χ1) is 7.27. The molecule has 0 saturated heterocycles. The number of halogens is 1. The van der Waals surface area contributed by atoms with Crippen molar-refractivity contribution in [2.75, 3.05) is 5.32 Å². The summed E-state index contributed by atoms with van der Waals surface area (Å²) >= 11 is 6.08. The second-order valence-electron chi connectivity index (χ2n) is 3.72. The zero-order valence-electron chi connectivity index (χ0n) is 8.70. The van der Waals surface area contributed by atoms with Gasteiger partial charge >= 0.3 is 0 Å². The maximum absolute atomic E-state index is 6.08. The lowest BCUT2D eigenvalue weighted by molar-refractivity contribution is 0.900. The Hall–Kier alpha value is -1.21. The molecule has 1 aromatic carbocycles. The number of rotatable bonds is 3. The quantitative estimate of drug-likeness (QED) is 0.810. The SMILES string of the molecule is CC(Nc1ccccc1Cl)C1=CC=CC1. The minimum Gasteiger partial charge on any atom is -0.378 e. The molecule has 1 atom stereocenters. The molecule has 0 aromatic heterocycles. The van der Waals surface area contributed by atoms with E-state index in [9.17, 15) is 0 Å². The number of para-hydroxylation sites is 1. The molecule has 0 fully saturated rings. The number of anilines is 1. The Bertz CT molecular complexity index is 407. The maximum Gasteiger partial charge on any atom is 0.0637 e. The Morgan fingerprint density at radius 3 is 2.80 bits per heavy atom. The molecular formula is C13H14ClN. The number of hydrogen-bond acceptors (Lipinski definition) is 1. The first kappa shape index (κ1) is 10.3. The number of hydrogen-bond donors (Lipinski definition) is 1. The predicted octanol–water partition coefficient (Wildman–Crippen LogP) is 4.03. The standard InChI is InChI=1S/C13H14ClN/c1-10(11-6-2-3-7-11)15-13-9-5-4-8-12(13)14/h2-6,8-10,15H,7H2,1H3. The van der Waals surface area contributed by atoms with Crippen molar-refractivity contribution in [2.24, 2.45) is 0 Å². The largest absolute Gasteiger partial charge is 0.378 e. The summed E-state index contributed by atoms with van der Waals surface area (Å²) in [6, 6.07) is 8.16. The van der Waals surface area contributed by atoms with E-state index >= 15 is 0 Å². The van der Waals surface area contributed by atoms with Gasteiger partial charge in [0.05, 0.1) is 10.7 Å². The molecule has 1 aromatic rings. The summed E-state index contributed by atoms with van der Waals surface area (Å²) in [5, 5.41) is 4.19. The lowest BCUT2D eigenvalue weighted by atomic mass is 10.1. The summed E-state index contributed by atoms with van der Waals surface area (Å²) in [6.07, 6.45) is 7.47. The lowest BCUT2D eigenvalue weighted by Crippen LogP contribution is -2.17. The van der Waals surface area contributed by atoms with Crippen LogP contribution >= 0.6 is 11.6 Å². The summed E-state index contributed by atoms with van der Waals surface area (Å²) in [5.74, 6) is 0. The lowest BCUT2D eigenvalue weighted by Gasteiger charge is -2.17. The Labute approximate surface area is 95.5 Å². The molecule has 1 unspecified atom stereocenters. The van der Waals surface area contributed by atoms with Crippen LogP contribution in [0.15, 0.2) is 48.1 Å². The molecule has 0 aliphatic heterocycles. The molecule has 0 radical (unpaired) electrons. The van der Waals surface area contributed by atoms with Crippen molar-refractivity contribution in [3.63, 3.8) is 0 Å². The third kappa shape index (κ3) is 2.42. The third-order valence-corrected chi connectivity index (χ3v) is 2.93. The van der Waals surface area contributed by atoms with E-state index in [1.54, 1.807) is 0 Å². The van der Waals surface area contributed by atoms with Crippen LogP contribution in [0.3, 0.4) is 0 Å². The molecule has 1 aliphatic carbocycles. The average Bonchev–Trinajstić information content (AvgIpc) is 2.74. The van der Waals surface area contributed by atoms with Gasteiger partial charge in [0.1, 0.15) is 0 Å². The van der Waals surface area contributed by atoms with Crippen LogP contribution in [0.25, 0.3) is 0 Å². The van der Waals surface area contributed by atoms with Crippen molar-refractivity contribution in [1.82, 2.24) is 0 Å². The van der Waals surface area contributed by atoms with Crippen molar-refractivity contribution < 1.29 is 0 Å². The Balaban J connectivity index is 2.06. The molecule has 0 saturated carbocycles. The number of allylic oxidation sites excluding steroid dienone is 3. The van der Waals surface area contributed by atoms with Gasteiger partial charge in [-0.2, -0.15) is 0 Å². The Morgan fingerprint density at radius 1 is 1.33 bits per heavy atom. The molecule has 15 heavy (non-hydrogen) atoms. The van der Waals surface area contributed by atoms with Gasteiger partial charge in [0.15, 0.2) is 0 Å². The second kappa shape index (κ2) is 4.54. The zero-order valence-corrected chi connectivity index (χ0v) is 9.46. The Kier molecular flexibility index (Phi) is 3.12. The van der Waals surface area contributed by atoms with Crippen LogP contribution in [0.5, 0.6) is 0 Å². The highest BCUT2D eigenvalue weighted by Gasteiger charge is 2.10. The monoisotopic (exact) mass is 219 g/mol. The number of benzene rings is 1. The minimum absolute atomic E-state index is 0.333. The fourth-order valence-electron chi connectivity index (χ4n) is 1.69. The second-order valence-corrected chi connectivity index (χ2v) is 4.13. The molecule has 1 aliphatic rings. The zero-order chi connectivity index (χ0) is 10.7. The smallest absolute Gasteiger partial charge is 0.0637 e. The molecule has 2 heteroatoms. The fourth-order valence-corrected chi connectivity index (χ4v) is 1.88. The van der Waals surface area contributed by atoms with Gasteiger partial charge < -0.3 is 5.32 Å². The highest BCUT2D eigenvalue weighted by Crippen LogP contribution is 2.24. The highest BCUT2D eigenvalue weighted by atomic mass is 35.5. The van der Waals surface area contributed by atoms with Crippen molar-refractivity contribution in [3.05, 3.63) is 53.1 Å². The predicted molar refractivity (Wildman–Crippen MR) is 66.4 cm³/mol. The average molecular weight is 220 g/mol. The van der Waals surface area contributed by atoms with E-state index in [4.69, 9.17) is 11.6 Å². The van der Waals surface area contributed by atoms with Crippen molar-refractivity contribution in [1.29, 1.82) is 0 Å². The first-order valence-corrected chi connectivity index (χ1v) is 5.52. The van der Waals surface area contributed by atoms with Gasteiger partial charge in [-0.1, -0.05) is 42.0 Å². The molecule has 0 heterocycles. The van der Waals surface area contributed by atoms with Crippen LogP contribution in [0.2, 0.25) is 5.02 Å². The minimum atomic E-state index is 0.333. The van der Waals surface area contributed by atoms with Crippen molar-refractivity contribution in [3.8, 4) is 0 Å². The topological polar surface area (TPSA) is 12.0 Å². The third-order valence-electron chi connectivity index (χ3n) is 2.60. The van der Waals surface area contributed by atoms with Gasteiger partial charge in [0, 0.05) is 6.04 Å². The molecule has 0 amide bonds. The van der Waals surface area contributed by atoms with Crippen LogP contribution in [0.1, 0.15) is 13.3 Å². The van der Waals surface area contributed by atoms with E-state index in [0.29, 0.717) is 6.04 Å². The van der Waals surface area contributed by atoms with E-state index in [1.807, 2.05) is 24.3 Å². The van der Waals surface area contributed by atoms with Crippen molar-refractivity contribution >= 4 is 17.3 Å². The van der Waals surface area contributed by atoms with Crippen LogP contribution in [-0.4, -0.2) is 6.04 Å². The first-order valence-electron chi connectivity index (χ1n) is 5.14. The van der Waals surface area contributed by atoms with Gasteiger partial charge in [-0.25, -0.2) is 0 Å². The van der Waals surface area contributed by atoms with Crippen LogP contribution in [-0.2, 0) is 0 Å². The van der Waals surface area contributed by atoms with E-state index in [-0.39, 0.29) is 0 Å². The van der Waals surface area contributed by atoms with E-state index in [1.165, 1.54) is 5.57 Å². The van der Waals surface area contributed by atoms with Gasteiger partial charge in [-0.05, 0) is 31.1 Å². The summed E-state index contributed by atoms with van der Waals surface area (Å²) in [7, 11) is 0. The molecule has 0 spiro atoms. The molecule has 78 valence electrons. The van der Waals surface area contributed by atoms with Gasteiger partial charge in [-0.15, -0.1) is 0 Å². The summed E-state index contributed by atoms with van der Waals surface area (Å²) in [6.45, 7) is 2.15. The molecule has 1 nitrogen and oxygen atoms in total.